The number of rotatable bonds is 3. The molecule has 0 fully saturated rings. The van der Waals surface area contributed by atoms with Gasteiger partial charge < -0.3 is 0 Å². The van der Waals surface area contributed by atoms with E-state index >= 15 is 0 Å². The van der Waals surface area contributed by atoms with Gasteiger partial charge in [0.1, 0.15) is 0 Å². The van der Waals surface area contributed by atoms with E-state index in [-0.39, 0.29) is 7.92 Å². The van der Waals surface area contributed by atoms with Crippen molar-refractivity contribution in [2.45, 2.75) is 13.8 Å². The molecule has 2 rings (SSSR count). The first-order valence-corrected chi connectivity index (χ1v) is 7.69. The summed E-state index contributed by atoms with van der Waals surface area (Å²) in [5.41, 5.74) is 0.784. The Kier molecular flexibility index (Phi) is 3.77. The summed E-state index contributed by atoms with van der Waals surface area (Å²) >= 11 is 0. The van der Waals surface area contributed by atoms with Crippen LogP contribution in [0, 0.1) is 11.3 Å². The fourth-order valence-corrected chi connectivity index (χ4v) is 4.17. The topological polar surface area (TPSA) is 23.8 Å². The molecule has 0 spiro atoms. The number of benzene rings is 2. The van der Waals surface area contributed by atoms with E-state index in [1.165, 1.54) is 23.0 Å². The summed E-state index contributed by atoms with van der Waals surface area (Å²) in [6, 6.07) is 14.7. The highest BCUT2D eigenvalue weighted by atomic mass is 31.1. The second-order valence-electron chi connectivity index (χ2n) is 3.96. The van der Waals surface area contributed by atoms with E-state index in [1.54, 1.807) is 0 Å². The van der Waals surface area contributed by atoms with Crippen LogP contribution in [-0.2, 0) is 0 Å². The Morgan fingerprint density at radius 2 is 1.65 bits per heavy atom. The van der Waals surface area contributed by atoms with Gasteiger partial charge in [-0.15, -0.1) is 0 Å². The first-order valence-electron chi connectivity index (χ1n) is 5.98. The van der Waals surface area contributed by atoms with Crippen molar-refractivity contribution in [2.75, 3.05) is 12.3 Å². The lowest BCUT2D eigenvalue weighted by Gasteiger charge is -2.16. The molecular formula is C15H16NP. The maximum Gasteiger partial charge on any atom is 0.0998 e. The average Bonchev–Trinajstić information content (AvgIpc) is 2.40. The number of nitrogens with zero attached hydrogens (tertiary/aromatic N) is 1. The van der Waals surface area contributed by atoms with Crippen LogP contribution in [0.15, 0.2) is 36.4 Å². The summed E-state index contributed by atoms with van der Waals surface area (Å²) in [7, 11) is -0.0779. The second kappa shape index (κ2) is 5.30. The molecule has 17 heavy (non-hydrogen) atoms. The summed E-state index contributed by atoms with van der Waals surface area (Å²) in [5.74, 6) is 0. The molecule has 2 aromatic carbocycles. The zero-order valence-corrected chi connectivity index (χ0v) is 11.2. The lowest BCUT2D eigenvalue weighted by Crippen LogP contribution is -2.06. The van der Waals surface area contributed by atoms with Gasteiger partial charge in [-0.1, -0.05) is 52.1 Å². The van der Waals surface area contributed by atoms with Gasteiger partial charge in [-0.05, 0) is 29.1 Å². The Morgan fingerprint density at radius 1 is 1.00 bits per heavy atom. The van der Waals surface area contributed by atoms with E-state index in [0.29, 0.717) is 0 Å². The lowest BCUT2D eigenvalue weighted by atomic mass is 10.1. The predicted octanol–water partition coefficient (Wildman–Crippen LogP) is 3.86. The molecule has 2 heteroatoms. The monoisotopic (exact) mass is 241 g/mol. The second-order valence-corrected chi connectivity index (χ2v) is 6.79. The highest BCUT2D eigenvalue weighted by Gasteiger charge is 2.11. The SMILES string of the molecule is CCP(CC)c1ccc(C#N)c2ccccc12. The standard InChI is InChI=1S/C15H16NP/c1-3-17(4-2)15-10-9-12(11-16)13-7-5-6-8-14(13)15/h5-10H,3-4H2,1-2H3. The van der Waals surface area contributed by atoms with Crippen molar-refractivity contribution in [1.29, 1.82) is 5.26 Å². The van der Waals surface area contributed by atoms with Crippen molar-refractivity contribution >= 4 is 24.0 Å². The molecule has 0 aromatic heterocycles. The van der Waals surface area contributed by atoms with Gasteiger partial charge in [0.25, 0.3) is 0 Å². The molecule has 0 bridgehead atoms. The highest BCUT2D eigenvalue weighted by molar-refractivity contribution is 7.66. The van der Waals surface area contributed by atoms with Gasteiger partial charge in [0.15, 0.2) is 0 Å². The van der Waals surface area contributed by atoms with Crippen LogP contribution < -0.4 is 5.30 Å². The fourth-order valence-electron chi connectivity index (χ4n) is 2.22. The van der Waals surface area contributed by atoms with Crippen molar-refractivity contribution < 1.29 is 0 Å². The molecule has 0 N–H and O–H groups in total. The maximum atomic E-state index is 9.13. The normalized spacial score (nSPS) is 10.7. The summed E-state index contributed by atoms with van der Waals surface area (Å²) in [4.78, 5) is 0. The Morgan fingerprint density at radius 3 is 2.24 bits per heavy atom. The van der Waals surface area contributed by atoms with E-state index < -0.39 is 0 Å². The molecule has 0 aliphatic carbocycles. The van der Waals surface area contributed by atoms with Gasteiger partial charge in [-0.25, -0.2) is 0 Å². The maximum absolute atomic E-state index is 9.13. The van der Waals surface area contributed by atoms with Crippen LogP contribution in [0.4, 0.5) is 0 Å². The molecule has 0 saturated carbocycles. The number of hydrogen-bond acceptors (Lipinski definition) is 1. The van der Waals surface area contributed by atoms with Crippen LogP contribution in [-0.4, -0.2) is 12.3 Å². The molecule has 0 aliphatic rings. The van der Waals surface area contributed by atoms with Gasteiger partial charge >= 0.3 is 0 Å². The molecule has 0 unspecified atom stereocenters. The smallest absolute Gasteiger partial charge is 0.0998 e. The summed E-state index contributed by atoms with van der Waals surface area (Å²) in [6.07, 6.45) is 2.42. The molecule has 0 amide bonds. The van der Waals surface area contributed by atoms with Gasteiger partial charge in [0, 0.05) is 5.39 Å². The van der Waals surface area contributed by atoms with E-state index in [9.17, 15) is 0 Å². The van der Waals surface area contributed by atoms with Crippen LogP contribution in [0.25, 0.3) is 10.8 Å². The minimum absolute atomic E-state index is 0.0779. The third kappa shape index (κ3) is 2.19. The number of hydrogen-bond donors (Lipinski definition) is 0. The summed E-state index contributed by atoms with van der Waals surface area (Å²) in [5, 5.41) is 12.9. The van der Waals surface area contributed by atoms with E-state index in [1.807, 2.05) is 12.1 Å². The van der Waals surface area contributed by atoms with E-state index in [2.05, 4.69) is 44.2 Å². The molecule has 2 aromatic rings. The van der Waals surface area contributed by atoms with Crippen LogP contribution in [0.5, 0.6) is 0 Å². The molecule has 86 valence electrons. The largest absolute Gasteiger partial charge is 0.192 e. The fraction of sp³-hybridized carbons (Fsp3) is 0.267. The van der Waals surface area contributed by atoms with E-state index in [4.69, 9.17) is 5.26 Å². The molecule has 1 nitrogen and oxygen atoms in total. The average molecular weight is 241 g/mol. The van der Waals surface area contributed by atoms with Crippen molar-refractivity contribution in [2.24, 2.45) is 0 Å². The van der Waals surface area contributed by atoms with Crippen molar-refractivity contribution in [1.82, 2.24) is 0 Å². The van der Waals surface area contributed by atoms with Gasteiger partial charge in [-0.2, -0.15) is 5.26 Å². The van der Waals surface area contributed by atoms with Crippen molar-refractivity contribution in [3.05, 3.63) is 42.0 Å². The van der Waals surface area contributed by atoms with Crippen LogP contribution in [0.2, 0.25) is 0 Å². The molecule has 0 saturated heterocycles. The molecular weight excluding hydrogens is 225 g/mol. The van der Waals surface area contributed by atoms with E-state index in [0.717, 1.165) is 10.9 Å². The third-order valence-corrected chi connectivity index (χ3v) is 5.72. The molecule has 0 aliphatic heterocycles. The van der Waals surface area contributed by atoms with Crippen molar-refractivity contribution in [3.63, 3.8) is 0 Å². The Labute approximate surface area is 104 Å². The van der Waals surface area contributed by atoms with Crippen molar-refractivity contribution in [3.8, 4) is 6.07 Å². The Balaban J connectivity index is 2.71. The first kappa shape index (κ1) is 12.1. The highest BCUT2D eigenvalue weighted by Crippen LogP contribution is 2.36. The lowest BCUT2D eigenvalue weighted by molar-refractivity contribution is 1.42. The van der Waals surface area contributed by atoms with Gasteiger partial charge in [0.2, 0.25) is 0 Å². The zero-order valence-electron chi connectivity index (χ0n) is 10.3. The summed E-state index contributed by atoms with van der Waals surface area (Å²) < 4.78 is 0. The first-order chi connectivity index (χ1) is 8.31. The van der Waals surface area contributed by atoms with Crippen LogP contribution in [0.1, 0.15) is 19.4 Å². The Bertz CT molecular complexity index is 565. The number of fused-ring (bicyclic) bond motifs is 1. The quantitative estimate of drug-likeness (QED) is 0.748. The number of nitriles is 1. The Hall–Kier alpha value is -1.38. The molecule has 0 radical (unpaired) electrons. The molecule has 0 heterocycles. The minimum atomic E-state index is -0.0779. The summed E-state index contributed by atoms with van der Waals surface area (Å²) in [6.45, 7) is 4.50. The van der Waals surface area contributed by atoms with Crippen LogP contribution >= 0.6 is 7.92 Å². The predicted molar refractivity (Wildman–Crippen MR) is 76.3 cm³/mol. The van der Waals surface area contributed by atoms with Gasteiger partial charge in [-0.3, -0.25) is 0 Å². The molecule has 0 atom stereocenters. The van der Waals surface area contributed by atoms with Gasteiger partial charge in [0.05, 0.1) is 11.6 Å². The van der Waals surface area contributed by atoms with Crippen LogP contribution in [0.3, 0.4) is 0 Å². The third-order valence-electron chi connectivity index (χ3n) is 3.13. The zero-order chi connectivity index (χ0) is 12.3. The minimum Gasteiger partial charge on any atom is -0.192 e.